The minimum absolute atomic E-state index is 0.000916. The molecule has 6 rings (SSSR count). The van der Waals surface area contributed by atoms with Crippen LogP contribution in [0, 0.1) is 29.0 Å². The van der Waals surface area contributed by atoms with Crippen LogP contribution < -0.4 is 14.8 Å². The van der Waals surface area contributed by atoms with Gasteiger partial charge in [-0.2, -0.15) is 0 Å². The molecule has 0 aliphatic heterocycles. The Morgan fingerprint density at radius 3 is 2.31 bits per heavy atom. The van der Waals surface area contributed by atoms with Gasteiger partial charge < -0.3 is 10.1 Å². The van der Waals surface area contributed by atoms with Gasteiger partial charge in [0.15, 0.2) is 0 Å². The van der Waals surface area contributed by atoms with E-state index in [1.807, 2.05) is 6.92 Å². The number of carbonyl (C=O) groups is 1. The van der Waals surface area contributed by atoms with Crippen LogP contribution in [-0.2, 0) is 16.6 Å². The van der Waals surface area contributed by atoms with Gasteiger partial charge >= 0.3 is 0 Å². The quantitative estimate of drug-likeness (QED) is 0.553. The summed E-state index contributed by atoms with van der Waals surface area (Å²) in [5.74, 6) is 1.42. The number of carbonyl (C=O) groups excluding carboxylic acids is 1. The normalized spacial score (nSPS) is 28.0. The van der Waals surface area contributed by atoms with Crippen molar-refractivity contribution in [1.29, 1.82) is 0 Å². The van der Waals surface area contributed by atoms with Gasteiger partial charge in [0.2, 0.25) is 10.0 Å². The van der Waals surface area contributed by atoms with Crippen LogP contribution in [0.3, 0.4) is 0 Å². The minimum atomic E-state index is -3.94. The van der Waals surface area contributed by atoms with Crippen LogP contribution in [0.5, 0.6) is 5.75 Å². The van der Waals surface area contributed by atoms with E-state index in [9.17, 15) is 17.6 Å². The predicted molar refractivity (Wildman–Crippen MR) is 131 cm³/mol. The highest BCUT2D eigenvalue weighted by Gasteiger charge is 2.53. The van der Waals surface area contributed by atoms with Gasteiger partial charge in [0, 0.05) is 23.7 Å². The zero-order valence-corrected chi connectivity index (χ0v) is 21.0. The zero-order chi connectivity index (χ0) is 24.8. The van der Waals surface area contributed by atoms with E-state index in [0.717, 1.165) is 19.3 Å². The molecule has 0 unspecified atom stereocenters. The first kappa shape index (κ1) is 24.3. The molecule has 0 aromatic heterocycles. The first-order chi connectivity index (χ1) is 16.7. The first-order valence-corrected chi connectivity index (χ1v) is 13.9. The average molecular weight is 501 g/mol. The van der Waals surface area contributed by atoms with Gasteiger partial charge in [0.1, 0.15) is 16.5 Å². The van der Waals surface area contributed by atoms with E-state index >= 15 is 0 Å². The lowest BCUT2D eigenvalue weighted by Gasteiger charge is -2.59. The third-order valence-corrected chi connectivity index (χ3v) is 10.0. The summed E-state index contributed by atoms with van der Waals surface area (Å²) in [6.07, 6.45) is 7.11. The second kappa shape index (κ2) is 9.21. The number of nitrogens with one attached hydrogen (secondary N) is 2. The molecule has 4 aliphatic rings. The lowest BCUT2D eigenvalue weighted by molar-refractivity contribution is -0.0666. The van der Waals surface area contributed by atoms with Crippen molar-refractivity contribution in [1.82, 2.24) is 10.0 Å². The molecule has 0 radical (unpaired) electrons. The number of amides is 1. The van der Waals surface area contributed by atoms with E-state index in [1.165, 1.54) is 50.6 Å². The summed E-state index contributed by atoms with van der Waals surface area (Å²) in [7, 11) is -2.53. The molecular weight excluding hydrogens is 467 g/mol. The molecule has 4 aliphatic carbocycles. The lowest BCUT2D eigenvalue weighted by Crippen LogP contribution is -2.55. The molecule has 35 heavy (non-hydrogen) atoms. The maximum Gasteiger partial charge on any atom is 0.251 e. The topological polar surface area (TPSA) is 84.5 Å². The van der Waals surface area contributed by atoms with Crippen LogP contribution in [0.1, 0.15) is 61.4 Å². The van der Waals surface area contributed by atoms with Crippen LogP contribution in [0.25, 0.3) is 0 Å². The van der Waals surface area contributed by atoms with Crippen molar-refractivity contribution in [2.75, 3.05) is 7.11 Å². The van der Waals surface area contributed by atoms with Crippen LogP contribution in [0.2, 0.25) is 0 Å². The Morgan fingerprint density at radius 2 is 1.71 bits per heavy atom. The fraction of sp³-hybridized carbons (Fsp3) is 0.519. The summed E-state index contributed by atoms with van der Waals surface area (Å²) in [6, 6.07) is 10.3. The second-order valence-electron chi connectivity index (χ2n) is 10.8. The summed E-state index contributed by atoms with van der Waals surface area (Å²) in [6.45, 7) is 1.99. The summed E-state index contributed by atoms with van der Waals surface area (Å²) in [4.78, 5) is 12.7. The summed E-state index contributed by atoms with van der Waals surface area (Å²) < 4.78 is 49.3. The number of hydrogen-bond acceptors (Lipinski definition) is 4. The Labute approximate surface area is 206 Å². The number of rotatable bonds is 8. The van der Waals surface area contributed by atoms with Gasteiger partial charge in [-0.1, -0.05) is 18.2 Å². The van der Waals surface area contributed by atoms with Gasteiger partial charge in [-0.15, -0.1) is 0 Å². The molecule has 0 heterocycles. The molecule has 4 fully saturated rings. The SMILES string of the molecule is COc1ccc(C(=O)NCc2ccccc2F)cc1S(=O)(=O)N[C@H](C)C12CC3CC(CC(C3)C1)C2. The van der Waals surface area contributed by atoms with Crippen LogP contribution >= 0.6 is 0 Å². The second-order valence-corrected chi connectivity index (χ2v) is 12.4. The molecule has 1 atom stereocenters. The fourth-order valence-corrected chi connectivity index (χ4v) is 8.62. The molecule has 0 saturated heterocycles. The maximum absolute atomic E-state index is 13.9. The average Bonchev–Trinajstić information content (AvgIpc) is 2.82. The Balaban J connectivity index is 1.35. The highest BCUT2D eigenvalue weighted by molar-refractivity contribution is 7.89. The van der Waals surface area contributed by atoms with Gasteiger partial charge in [-0.3, -0.25) is 4.79 Å². The van der Waals surface area contributed by atoms with Crippen molar-refractivity contribution < 1.29 is 22.3 Å². The van der Waals surface area contributed by atoms with E-state index < -0.39 is 21.7 Å². The van der Waals surface area contributed by atoms with E-state index in [0.29, 0.717) is 23.3 Å². The molecule has 0 spiro atoms. The van der Waals surface area contributed by atoms with Crippen molar-refractivity contribution in [3.05, 3.63) is 59.4 Å². The largest absolute Gasteiger partial charge is 0.495 e. The molecule has 2 N–H and O–H groups in total. The van der Waals surface area contributed by atoms with E-state index in [-0.39, 0.29) is 34.2 Å². The summed E-state index contributed by atoms with van der Waals surface area (Å²) in [5, 5.41) is 2.67. The molecule has 4 bridgehead atoms. The molecule has 8 heteroatoms. The van der Waals surface area contributed by atoms with Gasteiger partial charge in [-0.25, -0.2) is 17.5 Å². The molecule has 2 aromatic rings. The van der Waals surface area contributed by atoms with Gasteiger partial charge in [-0.05, 0) is 92.9 Å². The third kappa shape index (κ3) is 4.70. The molecule has 4 saturated carbocycles. The third-order valence-electron chi connectivity index (χ3n) is 8.45. The maximum atomic E-state index is 13.9. The highest BCUT2D eigenvalue weighted by atomic mass is 32.2. The zero-order valence-electron chi connectivity index (χ0n) is 20.2. The first-order valence-electron chi connectivity index (χ1n) is 12.4. The number of hydrogen-bond donors (Lipinski definition) is 2. The molecule has 1 amide bonds. The number of halogens is 1. The van der Waals surface area contributed by atoms with Crippen molar-refractivity contribution >= 4 is 15.9 Å². The fourth-order valence-electron chi connectivity index (χ4n) is 7.08. The molecule has 188 valence electrons. The number of sulfonamides is 1. The summed E-state index contributed by atoms with van der Waals surface area (Å²) in [5.41, 5.74) is 0.530. The number of methoxy groups -OCH3 is 1. The van der Waals surface area contributed by atoms with Crippen molar-refractivity contribution in [2.24, 2.45) is 23.2 Å². The summed E-state index contributed by atoms with van der Waals surface area (Å²) >= 11 is 0. The van der Waals surface area contributed by atoms with Gasteiger partial charge in [0.05, 0.1) is 7.11 Å². The minimum Gasteiger partial charge on any atom is -0.495 e. The highest BCUT2D eigenvalue weighted by Crippen LogP contribution is 2.61. The smallest absolute Gasteiger partial charge is 0.251 e. The van der Waals surface area contributed by atoms with Crippen LogP contribution in [0.15, 0.2) is 47.4 Å². The lowest BCUT2D eigenvalue weighted by atomic mass is 9.48. The molecule has 6 nitrogen and oxygen atoms in total. The Bertz CT molecular complexity index is 1190. The molecular formula is C27H33FN2O4S. The Kier molecular flexibility index (Phi) is 6.38. The number of benzene rings is 2. The number of ether oxygens (including phenoxy) is 1. The standard InChI is InChI=1S/C27H33FN2O4S/c1-17(27-13-18-9-19(14-27)11-20(10-18)15-27)30-35(32,33)25-12-21(7-8-24(25)34-2)26(31)29-16-22-5-3-4-6-23(22)28/h3-8,12,17-20,30H,9-11,13-16H2,1-2H3,(H,29,31)/t17-,18?,19?,20?,27?/m1/s1. The van der Waals surface area contributed by atoms with E-state index in [1.54, 1.807) is 18.2 Å². The Hall–Kier alpha value is -2.45. The van der Waals surface area contributed by atoms with Crippen molar-refractivity contribution in [3.8, 4) is 5.75 Å². The van der Waals surface area contributed by atoms with E-state index in [2.05, 4.69) is 10.0 Å². The van der Waals surface area contributed by atoms with Crippen LogP contribution in [-0.4, -0.2) is 27.5 Å². The van der Waals surface area contributed by atoms with Crippen molar-refractivity contribution in [2.45, 2.75) is 62.9 Å². The predicted octanol–water partition coefficient (Wildman–Crippen LogP) is 4.65. The van der Waals surface area contributed by atoms with Gasteiger partial charge in [0.25, 0.3) is 5.91 Å². The van der Waals surface area contributed by atoms with Crippen molar-refractivity contribution in [3.63, 3.8) is 0 Å². The van der Waals surface area contributed by atoms with E-state index in [4.69, 9.17) is 4.74 Å². The Morgan fingerprint density at radius 1 is 1.09 bits per heavy atom. The van der Waals surface area contributed by atoms with Crippen LogP contribution in [0.4, 0.5) is 4.39 Å². The molecule has 2 aromatic carbocycles. The monoisotopic (exact) mass is 500 g/mol.